The van der Waals surface area contributed by atoms with Gasteiger partial charge in [0.1, 0.15) is 0 Å². The van der Waals surface area contributed by atoms with Crippen LogP contribution in [0, 0.1) is 0 Å². The molecule has 0 amide bonds. The van der Waals surface area contributed by atoms with Crippen LogP contribution in [-0.4, -0.2) is 80.5 Å². The minimum atomic E-state index is -0.458. The molecule has 3 heterocycles. The van der Waals surface area contributed by atoms with Gasteiger partial charge in [0, 0.05) is 32.2 Å². The van der Waals surface area contributed by atoms with Gasteiger partial charge in [-0.05, 0) is 78.3 Å². The lowest BCUT2D eigenvalue weighted by atomic mass is 9.79. The molecule has 0 spiro atoms. The topological polar surface area (TPSA) is 28.2 Å². The maximum atomic E-state index is 6.73. The van der Waals surface area contributed by atoms with Gasteiger partial charge in [0.2, 0.25) is 0 Å². The minimum absolute atomic E-state index is 0.389. The van der Waals surface area contributed by atoms with Gasteiger partial charge in [0.05, 0.1) is 26.9 Å². The fourth-order valence-corrected chi connectivity index (χ4v) is 5.42. The average Bonchev–Trinajstić information content (AvgIpc) is 2.90. The van der Waals surface area contributed by atoms with Crippen LogP contribution in [0.3, 0.4) is 0 Å². The molecule has 3 aliphatic rings. The van der Waals surface area contributed by atoms with Gasteiger partial charge in [-0.1, -0.05) is 23.2 Å². The first-order chi connectivity index (χ1) is 14.1. The first-order valence-corrected chi connectivity index (χ1v) is 11.8. The van der Waals surface area contributed by atoms with Crippen molar-refractivity contribution in [3.05, 3.63) is 22.2 Å². The number of anilines is 1. The number of likely N-dealkylation sites (tertiary alicyclic amines) is 1. The molecule has 3 saturated heterocycles. The molecule has 30 heavy (non-hydrogen) atoms. The summed E-state index contributed by atoms with van der Waals surface area (Å²) in [5.74, 6) is 0. The van der Waals surface area contributed by atoms with E-state index in [9.17, 15) is 0 Å². The van der Waals surface area contributed by atoms with Gasteiger partial charge < -0.3 is 19.1 Å². The molecule has 3 fully saturated rings. The van der Waals surface area contributed by atoms with Crippen molar-refractivity contribution >= 4 is 41.5 Å². The molecule has 5 nitrogen and oxygen atoms in total. The van der Waals surface area contributed by atoms with Crippen LogP contribution in [0.2, 0.25) is 10.0 Å². The van der Waals surface area contributed by atoms with E-state index in [1.807, 2.05) is 12.1 Å². The Labute approximate surface area is 191 Å². The van der Waals surface area contributed by atoms with Crippen molar-refractivity contribution < 1.29 is 9.31 Å². The molecule has 0 N–H and O–H groups in total. The molecule has 0 bridgehead atoms. The van der Waals surface area contributed by atoms with Crippen LogP contribution in [0.1, 0.15) is 40.5 Å². The van der Waals surface area contributed by atoms with Crippen molar-refractivity contribution in [2.75, 3.05) is 51.2 Å². The summed E-state index contributed by atoms with van der Waals surface area (Å²) in [4.78, 5) is 7.39. The number of benzene rings is 1. The van der Waals surface area contributed by atoms with Crippen LogP contribution < -0.4 is 10.4 Å². The van der Waals surface area contributed by atoms with E-state index in [2.05, 4.69) is 49.4 Å². The Morgan fingerprint density at radius 3 is 1.87 bits per heavy atom. The minimum Gasteiger partial charge on any atom is -0.399 e. The molecule has 166 valence electrons. The molecule has 8 heteroatoms. The molecule has 0 aliphatic carbocycles. The Bertz CT molecular complexity index is 737. The van der Waals surface area contributed by atoms with Gasteiger partial charge in [-0.3, -0.25) is 4.90 Å². The molecule has 3 aliphatic heterocycles. The van der Waals surface area contributed by atoms with Gasteiger partial charge >= 0.3 is 7.12 Å². The van der Waals surface area contributed by atoms with E-state index in [1.165, 1.54) is 25.9 Å². The fraction of sp³-hybridized carbons (Fsp3) is 0.727. The summed E-state index contributed by atoms with van der Waals surface area (Å²) in [5.41, 5.74) is 1.03. The zero-order chi connectivity index (χ0) is 21.7. The summed E-state index contributed by atoms with van der Waals surface area (Å²) < 4.78 is 12.3. The fourth-order valence-electron chi connectivity index (χ4n) is 4.67. The number of piperazine rings is 1. The highest BCUT2D eigenvalue weighted by molar-refractivity contribution is 6.63. The monoisotopic (exact) mass is 453 g/mol. The molecule has 0 radical (unpaired) electrons. The summed E-state index contributed by atoms with van der Waals surface area (Å²) in [5, 5.41) is 1.33. The number of hydrogen-bond acceptors (Lipinski definition) is 5. The molecule has 0 atom stereocenters. The van der Waals surface area contributed by atoms with Crippen molar-refractivity contribution in [1.82, 2.24) is 9.80 Å². The van der Waals surface area contributed by atoms with Crippen LogP contribution in [0.15, 0.2) is 12.1 Å². The highest BCUT2D eigenvalue weighted by Crippen LogP contribution is 2.39. The Balaban J connectivity index is 1.44. The zero-order valence-corrected chi connectivity index (χ0v) is 20.4. The Morgan fingerprint density at radius 1 is 0.867 bits per heavy atom. The summed E-state index contributed by atoms with van der Waals surface area (Å²) in [6.45, 7) is 14.6. The van der Waals surface area contributed by atoms with Gasteiger partial charge in [0.15, 0.2) is 0 Å². The molecule has 0 aromatic heterocycles. The summed E-state index contributed by atoms with van der Waals surface area (Å²) in [7, 11) is 1.76. The van der Waals surface area contributed by atoms with Crippen molar-refractivity contribution in [2.45, 2.75) is 57.8 Å². The summed E-state index contributed by atoms with van der Waals surface area (Å²) in [6, 6.07) is 4.61. The molecular weight excluding hydrogens is 420 g/mol. The second-order valence-electron chi connectivity index (χ2n) is 9.98. The van der Waals surface area contributed by atoms with E-state index in [1.54, 1.807) is 0 Å². The maximum Gasteiger partial charge on any atom is 0.494 e. The van der Waals surface area contributed by atoms with E-state index in [-0.39, 0.29) is 11.2 Å². The van der Waals surface area contributed by atoms with Crippen LogP contribution in [0.5, 0.6) is 0 Å². The van der Waals surface area contributed by atoms with E-state index in [0.29, 0.717) is 16.1 Å². The smallest absolute Gasteiger partial charge is 0.399 e. The number of nitrogens with zero attached hydrogens (tertiary/aromatic N) is 3. The molecule has 0 saturated carbocycles. The van der Waals surface area contributed by atoms with E-state index in [0.717, 1.165) is 37.3 Å². The second kappa shape index (κ2) is 8.45. The molecule has 0 unspecified atom stereocenters. The number of hydrogen-bond donors (Lipinski definition) is 0. The van der Waals surface area contributed by atoms with Crippen molar-refractivity contribution in [1.29, 1.82) is 0 Å². The lowest BCUT2D eigenvalue weighted by molar-refractivity contribution is 0.00578. The van der Waals surface area contributed by atoms with Gasteiger partial charge in [0.25, 0.3) is 0 Å². The van der Waals surface area contributed by atoms with Crippen LogP contribution in [0.4, 0.5) is 5.69 Å². The van der Waals surface area contributed by atoms with E-state index >= 15 is 0 Å². The summed E-state index contributed by atoms with van der Waals surface area (Å²) in [6.07, 6.45) is 2.53. The number of rotatable bonds is 3. The normalized spacial score (nSPS) is 25.8. The van der Waals surface area contributed by atoms with Gasteiger partial charge in [-0.15, -0.1) is 0 Å². The predicted octanol–water partition coefficient (Wildman–Crippen LogP) is 3.51. The Hall–Kier alpha value is -0.495. The van der Waals surface area contributed by atoms with Crippen LogP contribution >= 0.6 is 23.2 Å². The Kier molecular flexibility index (Phi) is 6.39. The number of halogens is 2. The highest BCUT2D eigenvalue weighted by atomic mass is 35.5. The zero-order valence-electron chi connectivity index (χ0n) is 18.9. The van der Waals surface area contributed by atoms with Gasteiger partial charge in [-0.25, -0.2) is 0 Å². The first kappa shape index (κ1) is 22.7. The van der Waals surface area contributed by atoms with Crippen LogP contribution in [0.25, 0.3) is 0 Å². The van der Waals surface area contributed by atoms with Gasteiger partial charge in [-0.2, -0.15) is 0 Å². The lowest BCUT2D eigenvalue weighted by Crippen LogP contribution is -2.53. The van der Waals surface area contributed by atoms with Crippen molar-refractivity contribution in [2.24, 2.45) is 0 Å². The highest BCUT2D eigenvalue weighted by Gasteiger charge is 2.52. The molecule has 1 aromatic carbocycles. The third kappa shape index (κ3) is 4.37. The maximum absolute atomic E-state index is 6.73. The van der Waals surface area contributed by atoms with E-state index in [4.69, 9.17) is 32.5 Å². The number of piperidine rings is 1. The summed E-state index contributed by atoms with van der Waals surface area (Å²) >= 11 is 13.5. The predicted molar refractivity (Wildman–Crippen MR) is 126 cm³/mol. The molecule has 1 aromatic rings. The SMILES string of the molecule is CN1CCC(N2CCN(c3c(Cl)cc(B4OC(C)(C)C(C)(C)O4)cc3Cl)CC2)CC1. The third-order valence-electron chi connectivity index (χ3n) is 7.40. The van der Waals surface area contributed by atoms with E-state index < -0.39 is 7.12 Å². The van der Waals surface area contributed by atoms with Crippen molar-refractivity contribution in [3.8, 4) is 0 Å². The largest absolute Gasteiger partial charge is 0.494 e. The second-order valence-corrected chi connectivity index (χ2v) is 10.8. The quantitative estimate of drug-likeness (QED) is 0.653. The average molecular weight is 454 g/mol. The lowest BCUT2D eigenvalue weighted by Gasteiger charge is -2.43. The standard InChI is InChI=1S/C22H34BCl2N3O2/c1-21(2)22(3,4)30-23(29-21)16-14-18(24)20(19(25)15-16)28-12-10-27(11-13-28)17-6-8-26(5)9-7-17/h14-15,17H,6-13H2,1-5H3. The molecule has 4 rings (SSSR count). The van der Waals surface area contributed by atoms with Crippen molar-refractivity contribution in [3.63, 3.8) is 0 Å². The molecular formula is C22H34BCl2N3O2. The third-order valence-corrected chi connectivity index (χ3v) is 7.98. The first-order valence-electron chi connectivity index (χ1n) is 11.1. The van der Waals surface area contributed by atoms with Crippen LogP contribution in [-0.2, 0) is 9.31 Å². The Morgan fingerprint density at radius 2 is 1.37 bits per heavy atom.